The highest BCUT2D eigenvalue weighted by atomic mass is 19.1. The quantitative estimate of drug-likeness (QED) is 0.659. The minimum absolute atomic E-state index is 0.0147. The van der Waals surface area contributed by atoms with Gasteiger partial charge in [-0.25, -0.2) is 9.18 Å². The number of hydrogen-bond acceptors (Lipinski definition) is 3. The largest absolute Gasteiger partial charge is 0.438 e. The fourth-order valence-corrected chi connectivity index (χ4v) is 4.50. The van der Waals surface area contributed by atoms with E-state index in [-0.39, 0.29) is 12.5 Å². The minimum Gasteiger partial charge on any atom is -0.438 e. The van der Waals surface area contributed by atoms with E-state index in [2.05, 4.69) is 0 Å². The summed E-state index contributed by atoms with van der Waals surface area (Å²) < 4.78 is 21.7. The molecule has 0 radical (unpaired) electrons. The fraction of sp³-hybridized carbons (Fsp3) is 0.346. The molecule has 2 aliphatic rings. The fourth-order valence-electron chi connectivity index (χ4n) is 4.50. The molecule has 162 valence electrons. The summed E-state index contributed by atoms with van der Waals surface area (Å²) in [7, 11) is 0. The number of ether oxygens (including phenoxy) is 1. The lowest BCUT2D eigenvalue weighted by Crippen LogP contribution is -2.56. The van der Waals surface area contributed by atoms with E-state index in [0.29, 0.717) is 19.4 Å². The molecule has 1 N–H and O–H groups in total. The Bertz CT molecular complexity index is 945. The highest BCUT2D eigenvalue weighted by molar-refractivity contribution is 5.70. The van der Waals surface area contributed by atoms with Gasteiger partial charge in [-0.1, -0.05) is 72.8 Å². The zero-order valence-corrected chi connectivity index (χ0v) is 17.7. The van der Waals surface area contributed by atoms with Crippen molar-refractivity contribution in [3.05, 3.63) is 96.1 Å². The molecule has 0 aromatic heterocycles. The second-order valence-electron chi connectivity index (χ2n) is 8.30. The van der Waals surface area contributed by atoms with Gasteiger partial charge in [0.2, 0.25) is 0 Å². The van der Waals surface area contributed by atoms with Gasteiger partial charge in [-0.05, 0) is 30.2 Å². The highest BCUT2D eigenvalue weighted by Gasteiger charge is 2.47. The molecular weight excluding hydrogens is 393 g/mol. The predicted molar refractivity (Wildman–Crippen MR) is 118 cm³/mol. The first-order valence-corrected chi connectivity index (χ1v) is 10.8. The Hall–Kier alpha value is -2.92. The lowest BCUT2D eigenvalue weighted by atomic mass is 9.83. The van der Waals surface area contributed by atoms with Crippen LogP contribution in [-0.2, 0) is 10.3 Å². The molecular formula is C26H28FNO3. The predicted octanol–water partition coefficient (Wildman–Crippen LogP) is 5.11. The Kier molecular flexibility index (Phi) is 5.96. The third-order valence-electron chi connectivity index (χ3n) is 6.50. The van der Waals surface area contributed by atoms with Gasteiger partial charge in [0.05, 0.1) is 6.04 Å². The van der Waals surface area contributed by atoms with Gasteiger partial charge in [-0.3, -0.25) is 0 Å². The summed E-state index contributed by atoms with van der Waals surface area (Å²) in [4.78, 5) is 14.4. The molecule has 2 aromatic carbocycles. The van der Waals surface area contributed by atoms with E-state index in [4.69, 9.17) is 4.74 Å². The number of benzene rings is 2. The molecule has 4 nitrogen and oxygen atoms in total. The van der Waals surface area contributed by atoms with Gasteiger partial charge in [0.25, 0.3) is 0 Å². The minimum atomic E-state index is -1.77. The van der Waals surface area contributed by atoms with Crippen LogP contribution in [0.3, 0.4) is 0 Å². The third-order valence-corrected chi connectivity index (χ3v) is 6.50. The molecule has 1 aliphatic carbocycles. The van der Waals surface area contributed by atoms with Crippen molar-refractivity contribution in [2.24, 2.45) is 0 Å². The SMILES string of the molecule is C[C@H](N1CC[C@](CCO)(c2ccccc2)OC1=O)C1(F)C=CC(c2ccccc2)C=C1. The maximum absolute atomic E-state index is 15.8. The number of nitrogens with zero attached hydrogens (tertiary/aromatic N) is 1. The number of aliphatic hydroxyl groups excluding tert-OH is 1. The van der Waals surface area contributed by atoms with Crippen LogP contribution < -0.4 is 0 Å². The van der Waals surface area contributed by atoms with E-state index in [0.717, 1.165) is 11.1 Å². The zero-order valence-electron chi connectivity index (χ0n) is 17.7. The standard InChI is InChI=1S/C26H28FNO3/c1-20(25(27)14-12-22(13-15-25)21-8-4-2-5-9-21)28-18-16-26(17-19-29,31-24(28)30)23-10-6-3-7-11-23/h2-15,20,22,29H,16-19H2,1H3/t20-,22?,25?,26-/m0/s1. The summed E-state index contributed by atoms with van der Waals surface area (Å²) in [6, 6.07) is 18.7. The lowest BCUT2D eigenvalue weighted by Gasteiger charge is -2.45. The van der Waals surface area contributed by atoms with E-state index in [1.807, 2.05) is 72.8 Å². The van der Waals surface area contributed by atoms with E-state index in [1.54, 1.807) is 19.1 Å². The molecule has 1 heterocycles. The van der Waals surface area contributed by atoms with E-state index < -0.39 is 23.4 Å². The van der Waals surface area contributed by atoms with Crippen molar-refractivity contribution in [3.8, 4) is 0 Å². The molecule has 2 aromatic rings. The van der Waals surface area contributed by atoms with Crippen LogP contribution in [0.2, 0.25) is 0 Å². The first-order chi connectivity index (χ1) is 15.0. The van der Waals surface area contributed by atoms with Gasteiger partial charge in [-0.15, -0.1) is 0 Å². The summed E-state index contributed by atoms with van der Waals surface area (Å²) in [5.74, 6) is 0.0147. The van der Waals surface area contributed by atoms with Crippen molar-refractivity contribution in [3.63, 3.8) is 0 Å². The number of carbonyl (C=O) groups excluding carboxylic acids is 1. The van der Waals surface area contributed by atoms with Gasteiger partial charge in [-0.2, -0.15) is 0 Å². The molecule has 0 saturated carbocycles. The van der Waals surface area contributed by atoms with Gasteiger partial charge in [0.1, 0.15) is 5.60 Å². The number of alkyl halides is 1. The molecule has 0 unspecified atom stereocenters. The highest BCUT2D eigenvalue weighted by Crippen LogP contribution is 2.40. The summed E-state index contributed by atoms with van der Waals surface area (Å²) >= 11 is 0. The monoisotopic (exact) mass is 421 g/mol. The average molecular weight is 422 g/mol. The van der Waals surface area contributed by atoms with Crippen molar-refractivity contribution < 1.29 is 19.0 Å². The van der Waals surface area contributed by atoms with Crippen molar-refractivity contribution >= 4 is 6.09 Å². The van der Waals surface area contributed by atoms with Crippen LogP contribution in [0.1, 0.15) is 36.8 Å². The number of rotatable bonds is 6. The topological polar surface area (TPSA) is 49.8 Å². The second-order valence-corrected chi connectivity index (χ2v) is 8.30. The van der Waals surface area contributed by atoms with Crippen molar-refractivity contribution in [1.29, 1.82) is 0 Å². The molecule has 31 heavy (non-hydrogen) atoms. The summed E-state index contributed by atoms with van der Waals surface area (Å²) in [5, 5.41) is 9.59. The Morgan fingerprint density at radius 1 is 1.10 bits per heavy atom. The number of hydrogen-bond donors (Lipinski definition) is 1. The number of carbonyl (C=O) groups is 1. The van der Waals surface area contributed by atoms with Gasteiger partial charge in [0, 0.05) is 31.9 Å². The molecule has 4 rings (SSSR count). The van der Waals surface area contributed by atoms with Crippen LogP contribution in [0.4, 0.5) is 9.18 Å². The Morgan fingerprint density at radius 3 is 2.29 bits per heavy atom. The van der Waals surface area contributed by atoms with Crippen LogP contribution in [0.25, 0.3) is 0 Å². The summed E-state index contributed by atoms with van der Waals surface area (Å²) in [6.07, 6.45) is 7.04. The second kappa shape index (κ2) is 8.67. The number of allylic oxidation sites excluding steroid dienone is 2. The van der Waals surface area contributed by atoms with E-state index >= 15 is 4.39 Å². The molecule has 0 spiro atoms. The normalized spacial score (nSPS) is 28.9. The van der Waals surface area contributed by atoms with Crippen LogP contribution in [0, 0.1) is 0 Å². The first-order valence-electron chi connectivity index (χ1n) is 10.8. The van der Waals surface area contributed by atoms with E-state index in [1.165, 1.54) is 4.90 Å². The third kappa shape index (κ3) is 4.15. The van der Waals surface area contributed by atoms with Crippen LogP contribution >= 0.6 is 0 Å². The van der Waals surface area contributed by atoms with Crippen LogP contribution in [-0.4, -0.2) is 41.0 Å². The van der Waals surface area contributed by atoms with Gasteiger partial charge < -0.3 is 14.7 Å². The van der Waals surface area contributed by atoms with E-state index in [9.17, 15) is 9.90 Å². The molecule has 1 fully saturated rings. The molecule has 1 amide bonds. The molecule has 1 saturated heterocycles. The summed E-state index contributed by atoms with van der Waals surface area (Å²) in [5.41, 5.74) is -0.709. The van der Waals surface area contributed by atoms with Crippen molar-refractivity contribution in [2.45, 2.75) is 43.0 Å². The number of amides is 1. The molecule has 1 aliphatic heterocycles. The zero-order chi connectivity index (χ0) is 21.9. The molecule has 2 atom stereocenters. The molecule has 0 bridgehead atoms. The number of aliphatic hydroxyl groups is 1. The summed E-state index contributed by atoms with van der Waals surface area (Å²) in [6.45, 7) is 1.96. The van der Waals surface area contributed by atoms with Gasteiger partial charge >= 0.3 is 6.09 Å². The Labute approximate surface area is 182 Å². The molecule has 5 heteroatoms. The smallest absolute Gasteiger partial charge is 0.411 e. The average Bonchev–Trinajstić information content (AvgIpc) is 2.81. The Morgan fingerprint density at radius 2 is 1.71 bits per heavy atom. The van der Waals surface area contributed by atoms with Crippen LogP contribution in [0.15, 0.2) is 85.0 Å². The van der Waals surface area contributed by atoms with Gasteiger partial charge in [0.15, 0.2) is 5.67 Å². The maximum Gasteiger partial charge on any atom is 0.411 e. The maximum atomic E-state index is 15.8. The lowest BCUT2D eigenvalue weighted by molar-refractivity contribution is -0.0789. The number of halogens is 1. The number of cyclic esters (lactones) is 1. The first kappa shape index (κ1) is 21.3. The van der Waals surface area contributed by atoms with Crippen molar-refractivity contribution in [1.82, 2.24) is 4.90 Å². The Balaban J connectivity index is 1.50. The van der Waals surface area contributed by atoms with Crippen molar-refractivity contribution in [2.75, 3.05) is 13.2 Å². The van der Waals surface area contributed by atoms with Crippen LogP contribution in [0.5, 0.6) is 0 Å².